The van der Waals surface area contributed by atoms with Crippen LogP contribution in [0.4, 0.5) is 0 Å². The molecule has 0 bridgehead atoms. The maximum atomic E-state index is 13.5. The molecule has 1 saturated heterocycles. The fourth-order valence-electron chi connectivity index (χ4n) is 3.46. The SMILES string of the molecule is CCOC(=O)c1c(S(=O)(=O)N2CCCCC2C(=O)OCC)c(C)n(C)c1C. The predicted molar refractivity (Wildman–Crippen MR) is 99.0 cm³/mol. The van der Waals surface area contributed by atoms with E-state index in [4.69, 9.17) is 9.47 Å². The lowest BCUT2D eigenvalue weighted by Gasteiger charge is -2.33. The Morgan fingerprint density at radius 1 is 1.07 bits per heavy atom. The number of hydrogen-bond acceptors (Lipinski definition) is 6. The lowest BCUT2D eigenvalue weighted by atomic mass is 10.1. The van der Waals surface area contributed by atoms with E-state index in [-0.39, 0.29) is 30.2 Å². The van der Waals surface area contributed by atoms with Crippen LogP contribution in [-0.2, 0) is 31.3 Å². The van der Waals surface area contributed by atoms with Gasteiger partial charge in [-0.1, -0.05) is 0 Å². The molecule has 1 unspecified atom stereocenters. The molecule has 0 aromatic carbocycles. The van der Waals surface area contributed by atoms with Gasteiger partial charge in [0.2, 0.25) is 10.0 Å². The number of nitrogens with zero attached hydrogens (tertiary/aromatic N) is 2. The lowest BCUT2D eigenvalue weighted by molar-refractivity contribution is -0.148. The molecule has 0 N–H and O–H groups in total. The normalized spacial score (nSPS) is 18.3. The Morgan fingerprint density at radius 3 is 2.30 bits per heavy atom. The highest BCUT2D eigenvalue weighted by atomic mass is 32.2. The first kappa shape index (κ1) is 21.4. The third-order valence-corrected chi connectivity index (χ3v) is 7.05. The first-order valence-electron chi connectivity index (χ1n) is 9.19. The summed E-state index contributed by atoms with van der Waals surface area (Å²) in [6.07, 6.45) is 1.79. The number of sulfonamides is 1. The Hall–Kier alpha value is -1.87. The largest absolute Gasteiger partial charge is 0.465 e. The molecule has 0 aliphatic carbocycles. The summed E-state index contributed by atoms with van der Waals surface area (Å²) >= 11 is 0. The van der Waals surface area contributed by atoms with Crippen molar-refractivity contribution in [2.75, 3.05) is 19.8 Å². The second-order valence-corrected chi connectivity index (χ2v) is 8.36. The number of rotatable bonds is 6. The van der Waals surface area contributed by atoms with Gasteiger partial charge in [0.15, 0.2) is 0 Å². The molecule has 1 aromatic heterocycles. The van der Waals surface area contributed by atoms with Gasteiger partial charge in [-0.2, -0.15) is 4.31 Å². The third kappa shape index (κ3) is 3.89. The Labute approximate surface area is 160 Å². The van der Waals surface area contributed by atoms with Gasteiger partial charge in [0.05, 0.1) is 13.2 Å². The summed E-state index contributed by atoms with van der Waals surface area (Å²) in [7, 11) is -2.39. The minimum absolute atomic E-state index is 0.0324. The quantitative estimate of drug-likeness (QED) is 0.677. The Kier molecular flexibility index (Phi) is 6.69. The molecule has 0 amide bonds. The monoisotopic (exact) mass is 400 g/mol. The number of carbonyl (C=O) groups is 2. The maximum absolute atomic E-state index is 13.5. The molecular weight excluding hydrogens is 372 g/mol. The molecule has 0 spiro atoms. The van der Waals surface area contributed by atoms with Crippen molar-refractivity contribution in [3.05, 3.63) is 17.0 Å². The zero-order valence-electron chi connectivity index (χ0n) is 16.6. The van der Waals surface area contributed by atoms with E-state index in [2.05, 4.69) is 0 Å². The molecule has 1 atom stereocenters. The average Bonchev–Trinajstić information content (AvgIpc) is 2.86. The minimum Gasteiger partial charge on any atom is -0.465 e. The van der Waals surface area contributed by atoms with Crippen LogP contribution in [0.5, 0.6) is 0 Å². The van der Waals surface area contributed by atoms with E-state index < -0.39 is 28.0 Å². The molecule has 9 heteroatoms. The van der Waals surface area contributed by atoms with Gasteiger partial charge in [-0.05, 0) is 47.0 Å². The van der Waals surface area contributed by atoms with E-state index in [0.29, 0.717) is 24.2 Å². The zero-order chi connectivity index (χ0) is 20.4. The molecule has 8 nitrogen and oxygen atoms in total. The molecule has 2 heterocycles. The van der Waals surface area contributed by atoms with Crippen molar-refractivity contribution in [3.8, 4) is 0 Å². The fraction of sp³-hybridized carbons (Fsp3) is 0.667. The second-order valence-electron chi connectivity index (χ2n) is 6.53. The van der Waals surface area contributed by atoms with Crippen LogP contribution >= 0.6 is 0 Å². The van der Waals surface area contributed by atoms with E-state index in [0.717, 1.165) is 6.42 Å². The number of carbonyl (C=O) groups excluding carboxylic acids is 2. The van der Waals surface area contributed by atoms with Crippen LogP contribution in [0.2, 0.25) is 0 Å². The topological polar surface area (TPSA) is 94.9 Å². The Morgan fingerprint density at radius 2 is 1.70 bits per heavy atom. The molecule has 2 rings (SSSR count). The van der Waals surface area contributed by atoms with E-state index in [9.17, 15) is 18.0 Å². The molecule has 1 aliphatic rings. The van der Waals surface area contributed by atoms with Gasteiger partial charge < -0.3 is 14.0 Å². The van der Waals surface area contributed by atoms with Crippen molar-refractivity contribution in [3.63, 3.8) is 0 Å². The second kappa shape index (κ2) is 8.43. The van der Waals surface area contributed by atoms with Crippen molar-refractivity contribution in [1.82, 2.24) is 8.87 Å². The summed E-state index contributed by atoms with van der Waals surface area (Å²) in [5.41, 5.74) is 0.975. The summed E-state index contributed by atoms with van der Waals surface area (Å²) in [6.45, 7) is 7.20. The number of piperidine rings is 1. The molecule has 152 valence electrons. The van der Waals surface area contributed by atoms with Crippen molar-refractivity contribution in [2.24, 2.45) is 7.05 Å². The van der Waals surface area contributed by atoms with Crippen LogP contribution in [0.15, 0.2) is 4.90 Å². The smallest absolute Gasteiger partial charge is 0.341 e. The summed E-state index contributed by atoms with van der Waals surface area (Å²) < 4.78 is 40.0. The number of esters is 2. The van der Waals surface area contributed by atoms with E-state index >= 15 is 0 Å². The van der Waals surface area contributed by atoms with Crippen LogP contribution in [0.3, 0.4) is 0 Å². The Bertz CT molecular complexity index is 827. The van der Waals surface area contributed by atoms with Crippen LogP contribution in [0.1, 0.15) is 54.9 Å². The third-order valence-electron chi connectivity index (χ3n) is 4.98. The highest BCUT2D eigenvalue weighted by Gasteiger charge is 2.42. The van der Waals surface area contributed by atoms with E-state index in [1.54, 1.807) is 39.3 Å². The molecule has 27 heavy (non-hydrogen) atoms. The lowest BCUT2D eigenvalue weighted by Crippen LogP contribution is -2.48. The average molecular weight is 400 g/mol. The first-order valence-corrected chi connectivity index (χ1v) is 10.6. The van der Waals surface area contributed by atoms with Crippen molar-refractivity contribution < 1.29 is 27.5 Å². The zero-order valence-corrected chi connectivity index (χ0v) is 17.4. The van der Waals surface area contributed by atoms with E-state index in [1.165, 1.54) is 4.31 Å². The number of hydrogen-bond donors (Lipinski definition) is 0. The molecule has 1 aliphatic heterocycles. The summed E-state index contributed by atoms with van der Waals surface area (Å²) in [6, 6.07) is -0.876. The number of ether oxygens (including phenoxy) is 2. The van der Waals surface area contributed by atoms with Crippen LogP contribution in [0.25, 0.3) is 0 Å². The van der Waals surface area contributed by atoms with Gasteiger partial charge >= 0.3 is 11.9 Å². The first-order chi connectivity index (χ1) is 12.7. The highest BCUT2D eigenvalue weighted by Crippen LogP contribution is 2.33. The van der Waals surface area contributed by atoms with Crippen molar-refractivity contribution in [1.29, 1.82) is 0 Å². The fourth-order valence-corrected chi connectivity index (χ4v) is 5.59. The molecular formula is C18H28N2O6S. The van der Waals surface area contributed by atoms with Crippen LogP contribution in [0, 0.1) is 13.8 Å². The van der Waals surface area contributed by atoms with Crippen molar-refractivity contribution >= 4 is 22.0 Å². The van der Waals surface area contributed by atoms with Gasteiger partial charge in [0.1, 0.15) is 16.5 Å². The van der Waals surface area contributed by atoms with Gasteiger partial charge in [-0.3, -0.25) is 4.79 Å². The van der Waals surface area contributed by atoms with Crippen LogP contribution < -0.4 is 0 Å². The summed E-state index contributed by atoms with van der Waals surface area (Å²) in [4.78, 5) is 24.7. The molecule has 1 fully saturated rings. The molecule has 0 saturated carbocycles. The molecule has 0 radical (unpaired) electrons. The van der Waals surface area contributed by atoms with Gasteiger partial charge in [-0.15, -0.1) is 0 Å². The predicted octanol–water partition coefficient (Wildman–Crippen LogP) is 1.92. The van der Waals surface area contributed by atoms with Crippen LogP contribution in [-0.4, -0.2) is 55.0 Å². The molecule has 1 aromatic rings. The van der Waals surface area contributed by atoms with Gasteiger partial charge in [0, 0.05) is 25.0 Å². The standard InChI is InChI=1S/C18H28N2O6S/c1-6-25-17(21)14-10-8-9-11-20(14)27(23,24)16-13(4)19(5)12(3)15(16)18(22)26-7-2/h14H,6-11H2,1-5H3. The van der Waals surface area contributed by atoms with Gasteiger partial charge in [-0.25, -0.2) is 13.2 Å². The van der Waals surface area contributed by atoms with Gasteiger partial charge in [0.25, 0.3) is 0 Å². The summed E-state index contributed by atoms with van der Waals surface area (Å²) in [5, 5.41) is 0. The summed E-state index contributed by atoms with van der Waals surface area (Å²) in [5.74, 6) is -1.23. The Balaban J connectivity index is 2.59. The van der Waals surface area contributed by atoms with E-state index in [1.807, 2.05) is 0 Å². The highest BCUT2D eigenvalue weighted by molar-refractivity contribution is 7.89. The number of aromatic nitrogens is 1. The maximum Gasteiger partial charge on any atom is 0.341 e. The van der Waals surface area contributed by atoms with Crippen molar-refractivity contribution in [2.45, 2.75) is 57.9 Å². The minimum atomic E-state index is -4.09.